The quantitative estimate of drug-likeness (QED) is 0.882. The van der Waals surface area contributed by atoms with Crippen LogP contribution in [0.3, 0.4) is 0 Å². The molecular formula is C13H15ClN2O2. The first-order valence-corrected chi connectivity index (χ1v) is 6.36. The Bertz CT molecular complexity index is 482. The molecule has 1 fully saturated rings. The highest BCUT2D eigenvalue weighted by molar-refractivity contribution is 6.33. The molecule has 0 unspecified atom stereocenters. The van der Waals surface area contributed by atoms with E-state index in [1.54, 1.807) is 12.1 Å². The minimum Gasteiger partial charge on any atom is -0.366 e. The van der Waals surface area contributed by atoms with Gasteiger partial charge in [0.25, 0.3) is 0 Å². The smallest absolute Gasteiger partial charge is 0.250 e. The summed E-state index contributed by atoms with van der Waals surface area (Å²) in [5, 5.41) is 3.09. The maximum absolute atomic E-state index is 11.9. The lowest BCUT2D eigenvalue weighted by atomic mass is 10.1. The van der Waals surface area contributed by atoms with E-state index in [1.807, 2.05) is 0 Å². The van der Waals surface area contributed by atoms with Gasteiger partial charge < -0.3 is 11.1 Å². The van der Waals surface area contributed by atoms with Crippen molar-refractivity contribution >= 4 is 29.1 Å². The molecule has 3 N–H and O–H groups in total. The minimum absolute atomic E-state index is 0.00485. The van der Waals surface area contributed by atoms with Crippen molar-refractivity contribution in [3.05, 3.63) is 28.8 Å². The largest absolute Gasteiger partial charge is 0.366 e. The minimum atomic E-state index is -0.600. The zero-order chi connectivity index (χ0) is 13.1. The number of halogens is 1. The molecule has 0 radical (unpaired) electrons. The standard InChI is InChI=1S/C13H15ClN2O2/c14-11-6-5-9(7-10(11)12(15)17)16-13(18)8-3-1-2-4-8/h5-8H,1-4H2,(H2,15,17)(H,16,18). The number of hydrogen-bond donors (Lipinski definition) is 2. The van der Waals surface area contributed by atoms with Crippen LogP contribution in [0.2, 0.25) is 5.02 Å². The van der Waals surface area contributed by atoms with Crippen LogP contribution >= 0.6 is 11.6 Å². The van der Waals surface area contributed by atoms with Crippen molar-refractivity contribution < 1.29 is 9.59 Å². The second kappa shape index (κ2) is 5.40. The van der Waals surface area contributed by atoms with Crippen LogP contribution in [-0.4, -0.2) is 11.8 Å². The molecule has 1 aliphatic rings. The number of carbonyl (C=O) groups excluding carboxylic acids is 2. The Morgan fingerprint density at radius 2 is 1.94 bits per heavy atom. The molecule has 5 heteroatoms. The van der Waals surface area contributed by atoms with Gasteiger partial charge in [0, 0.05) is 11.6 Å². The number of anilines is 1. The van der Waals surface area contributed by atoms with E-state index in [0.717, 1.165) is 25.7 Å². The average Bonchev–Trinajstić information content (AvgIpc) is 2.85. The molecule has 0 aromatic heterocycles. The van der Waals surface area contributed by atoms with Crippen LogP contribution in [-0.2, 0) is 4.79 Å². The highest BCUT2D eigenvalue weighted by Gasteiger charge is 2.22. The van der Waals surface area contributed by atoms with Gasteiger partial charge in [0.05, 0.1) is 10.6 Å². The summed E-state index contributed by atoms with van der Waals surface area (Å²) in [4.78, 5) is 23.1. The summed E-state index contributed by atoms with van der Waals surface area (Å²) < 4.78 is 0. The number of carbonyl (C=O) groups is 2. The third kappa shape index (κ3) is 2.82. The summed E-state index contributed by atoms with van der Waals surface area (Å²) in [5.74, 6) is -0.514. The summed E-state index contributed by atoms with van der Waals surface area (Å²) in [5.41, 5.74) is 5.98. The van der Waals surface area contributed by atoms with E-state index in [4.69, 9.17) is 17.3 Å². The monoisotopic (exact) mass is 266 g/mol. The van der Waals surface area contributed by atoms with Crippen molar-refractivity contribution in [1.29, 1.82) is 0 Å². The molecule has 2 rings (SSSR count). The van der Waals surface area contributed by atoms with Crippen molar-refractivity contribution in [2.75, 3.05) is 5.32 Å². The maximum atomic E-state index is 11.9. The van der Waals surface area contributed by atoms with E-state index < -0.39 is 5.91 Å². The molecule has 2 amide bonds. The van der Waals surface area contributed by atoms with Gasteiger partial charge in [-0.1, -0.05) is 24.4 Å². The fourth-order valence-corrected chi connectivity index (χ4v) is 2.43. The second-order valence-electron chi connectivity index (χ2n) is 4.53. The first-order chi connectivity index (χ1) is 8.58. The summed E-state index contributed by atoms with van der Waals surface area (Å²) in [6.07, 6.45) is 4.07. The number of primary amides is 1. The predicted octanol–water partition coefficient (Wildman–Crippen LogP) is 2.57. The van der Waals surface area contributed by atoms with Gasteiger partial charge in [-0.15, -0.1) is 0 Å². The van der Waals surface area contributed by atoms with Gasteiger partial charge in [0.15, 0.2) is 0 Å². The number of amides is 2. The van der Waals surface area contributed by atoms with E-state index in [2.05, 4.69) is 5.32 Å². The lowest BCUT2D eigenvalue weighted by molar-refractivity contribution is -0.119. The van der Waals surface area contributed by atoms with Crippen molar-refractivity contribution in [3.8, 4) is 0 Å². The zero-order valence-corrected chi connectivity index (χ0v) is 10.7. The van der Waals surface area contributed by atoms with E-state index in [1.165, 1.54) is 6.07 Å². The van der Waals surface area contributed by atoms with Crippen molar-refractivity contribution in [3.63, 3.8) is 0 Å². The highest BCUT2D eigenvalue weighted by atomic mass is 35.5. The molecule has 96 valence electrons. The molecule has 0 bridgehead atoms. The van der Waals surface area contributed by atoms with Crippen LogP contribution in [0, 0.1) is 5.92 Å². The van der Waals surface area contributed by atoms with Gasteiger partial charge in [-0.3, -0.25) is 9.59 Å². The fourth-order valence-electron chi connectivity index (χ4n) is 2.22. The van der Waals surface area contributed by atoms with Gasteiger partial charge in [-0.05, 0) is 31.0 Å². The summed E-state index contributed by atoms with van der Waals surface area (Å²) in [6, 6.07) is 4.74. The van der Waals surface area contributed by atoms with Gasteiger partial charge in [-0.25, -0.2) is 0 Å². The number of hydrogen-bond acceptors (Lipinski definition) is 2. The van der Waals surface area contributed by atoms with Crippen molar-refractivity contribution in [2.24, 2.45) is 11.7 Å². The van der Waals surface area contributed by atoms with Gasteiger partial charge in [0.2, 0.25) is 11.8 Å². The topological polar surface area (TPSA) is 72.2 Å². The van der Waals surface area contributed by atoms with E-state index in [0.29, 0.717) is 10.7 Å². The SMILES string of the molecule is NC(=O)c1cc(NC(=O)C2CCCC2)ccc1Cl. The first-order valence-electron chi connectivity index (χ1n) is 5.98. The van der Waals surface area contributed by atoms with Gasteiger partial charge >= 0.3 is 0 Å². The lowest BCUT2D eigenvalue weighted by Crippen LogP contribution is -2.20. The van der Waals surface area contributed by atoms with E-state index in [9.17, 15) is 9.59 Å². The van der Waals surface area contributed by atoms with Gasteiger partial charge in [0.1, 0.15) is 0 Å². The van der Waals surface area contributed by atoms with Crippen LogP contribution < -0.4 is 11.1 Å². The summed E-state index contributed by atoms with van der Waals surface area (Å²) in [6.45, 7) is 0. The Hall–Kier alpha value is -1.55. The number of nitrogens with two attached hydrogens (primary N) is 1. The molecule has 1 saturated carbocycles. The van der Waals surface area contributed by atoms with Crippen LogP contribution in [0.4, 0.5) is 5.69 Å². The number of nitrogens with one attached hydrogen (secondary N) is 1. The maximum Gasteiger partial charge on any atom is 0.250 e. The highest BCUT2D eigenvalue weighted by Crippen LogP contribution is 2.27. The molecule has 0 saturated heterocycles. The number of rotatable bonds is 3. The molecule has 18 heavy (non-hydrogen) atoms. The van der Waals surface area contributed by atoms with Crippen molar-refractivity contribution in [1.82, 2.24) is 0 Å². The molecule has 0 aliphatic heterocycles. The molecular weight excluding hydrogens is 252 g/mol. The molecule has 0 atom stereocenters. The molecule has 1 aromatic carbocycles. The Morgan fingerprint density at radius 1 is 1.28 bits per heavy atom. The number of benzene rings is 1. The van der Waals surface area contributed by atoms with Crippen LogP contribution in [0.25, 0.3) is 0 Å². The predicted molar refractivity (Wildman–Crippen MR) is 70.6 cm³/mol. The van der Waals surface area contributed by atoms with Crippen LogP contribution in [0.15, 0.2) is 18.2 Å². The molecule has 1 aromatic rings. The fraction of sp³-hybridized carbons (Fsp3) is 0.385. The van der Waals surface area contributed by atoms with Gasteiger partial charge in [-0.2, -0.15) is 0 Å². The average molecular weight is 267 g/mol. The molecule has 1 aliphatic carbocycles. The lowest BCUT2D eigenvalue weighted by Gasteiger charge is -2.11. The van der Waals surface area contributed by atoms with Crippen LogP contribution in [0.5, 0.6) is 0 Å². The van der Waals surface area contributed by atoms with Crippen LogP contribution in [0.1, 0.15) is 36.0 Å². The molecule has 0 heterocycles. The molecule has 0 spiro atoms. The normalized spacial score (nSPS) is 15.6. The Morgan fingerprint density at radius 3 is 2.56 bits per heavy atom. The summed E-state index contributed by atoms with van der Waals surface area (Å²) >= 11 is 5.84. The van der Waals surface area contributed by atoms with E-state index in [-0.39, 0.29) is 17.4 Å². The summed E-state index contributed by atoms with van der Waals surface area (Å²) in [7, 11) is 0. The second-order valence-corrected chi connectivity index (χ2v) is 4.94. The Labute approximate surface area is 110 Å². The Balaban J connectivity index is 2.11. The Kier molecular flexibility index (Phi) is 3.87. The van der Waals surface area contributed by atoms with Crippen molar-refractivity contribution in [2.45, 2.75) is 25.7 Å². The van der Waals surface area contributed by atoms with E-state index >= 15 is 0 Å². The third-order valence-electron chi connectivity index (χ3n) is 3.23. The zero-order valence-electron chi connectivity index (χ0n) is 9.91. The molecule has 4 nitrogen and oxygen atoms in total. The first kappa shape index (κ1) is 12.9. The third-order valence-corrected chi connectivity index (χ3v) is 3.55.